The van der Waals surface area contributed by atoms with Crippen LogP contribution in [0.4, 0.5) is 13.2 Å². The lowest BCUT2D eigenvalue weighted by Gasteiger charge is -2.21. The standard InChI is InChI=1S/C15H15F3N2O3/c1-8-6-12(23-20-8)9-2-4-10(5-3-9)13(21)11(7-16)19-15(22)14(17)18/h2-6,11,13-14,21H,7H2,1H3,(H,19,22). The van der Waals surface area contributed by atoms with Crippen LogP contribution in [-0.4, -0.2) is 35.3 Å². The maximum absolute atomic E-state index is 12.9. The predicted molar refractivity (Wildman–Crippen MR) is 75.5 cm³/mol. The Bertz CT molecular complexity index is 658. The second-order valence-corrected chi connectivity index (χ2v) is 4.97. The van der Waals surface area contributed by atoms with Crippen LogP contribution >= 0.6 is 0 Å². The van der Waals surface area contributed by atoms with Gasteiger partial charge in [-0.3, -0.25) is 4.79 Å². The summed E-state index contributed by atoms with van der Waals surface area (Å²) in [7, 11) is 0. The highest BCUT2D eigenvalue weighted by atomic mass is 19.3. The Balaban J connectivity index is 2.12. The summed E-state index contributed by atoms with van der Waals surface area (Å²) >= 11 is 0. The Labute approximate surface area is 130 Å². The minimum atomic E-state index is -3.27. The first-order chi connectivity index (χ1) is 10.9. The van der Waals surface area contributed by atoms with Crippen molar-refractivity contribution in [2.24, 2.45) is 0 Å². The Hall–Kier alpha value is -2.35. The molecular formula is C15H15F3N2O3. The molecule has 8 heteroatoms. The van der Waals surface area contributed by atoms with Crippen LogP contribution in [0.5, 0.6) is 0 Å². The first-order valence-electron chi connectivity index (χ1n) is 6.78. The summed E-state index contributed by atoms with van der Waals surface area (Å²) in [6.07, 6.45) is -4.72. The molecule has 2 aromatic rings. The number of aromatic nitrogens is 1. The number of benzene rings is 1. The van der Waals surface area contributed by atoms with E-state index in [9.17, 15) is 23.1 Å². The van der Waals surface area contributed by atoms with E-state index in [-0.39, 0.29) is 5.56 Å². The van der Waals surface area contributed by atoms with Crippen molar-refractivity contribution in [3.05, 3.63) is 41.6 Å². The number of halogens is 3. The van der Waals surface area contributed by atoms with Gasteiger partial charge in [0.1, 0.15) is 12.8 Å². The molecule has 1 heterocycles. The van der Waals surface area contributed by atoms with Crippen molar-refractivity contribution in [3.63, 3.8) is 0 Å². The molecule has 0 fully saturated rings. The van der Waals surface area contributed by atoms with Crippen LogP contribution in [0.2, 0.25) is 0 Å². The van der Waals surface area contributed by atoms with E-state index in [1.165, 1.54) is 12.1 Å². The number of hydrogen-bond donors (Lipinski definition) is 2. The SMILES string of the molecule is Cc1cc(-c2ccc(C(O)C(CF)NC(=O)C(F)F)cc2)on1. The van der Waals surface area contributed by atoms with Crippen LogP contribution < -0.4 is 5.32 Å². The largest absolute Gasteiger partial charge is 0.386 e. The van der Waals surface area contributed by atoms with Crippen molar-refractivity contribution in [2.45, 2.75) is 25.5 Å². The number of aliphatic hydroxyl groups excluding tert-OH is 1. The molecule has 0 radical (unpaired) electrons. The summed E-state index contributed by atoms with van der Waals surface area (Å²) in [5, 5.41) is 15.6. The molecule has 0 spiro atoms. The summed E-state index contributed by atoms with van der Waals surface area (Å²) in [5.41, 5.74) is 1.67. The van der Waals surface area contributed by atoms with E-state index in [0.29, 0.717) is 17.0 Å². The van der Waals surface area contributed by atoms with E-state index in [2.05, 4.69) is 5.16 Å². The topological polar surface area (TPSA) is 75.4 Å². The number of nitrogens with zero attached hydrogens (tertiary/aromatic N) is 1. The van der Waals surface area contributed by atoms with Gasteiger partial charge in [0.25, 0.3) is 5.91 Å². The summed E-state index contributed by atoms with van der Waals surface area (Å²) in [6.45, 7) is 0.589. The van der Waals surface area contributed by atoms with Crippen LogP contribution in [-0.2, 0) is 4.79 Å². The van der Waals surface area contributed by atoms with Gasteiger partial charge in [0, 0.05) is 11.6 Å². The van der Waals surface area contributed by atoms with Crippen molar-refractivity contribution in [3.8, 4) is 11.3 Å². The summed E-state index contributed by atoms with van der Waals surface area (Å²) in [5.74, 6) is -1.10. The third kappa shape index (κ3) is 4.10. The molecule has 0 bridgehead atoms. The zero-order valence-corrected chi connectivity index (χ0v) is 12.2. The summed E-state index contributed by atoms with van der Waals surface area (Å²) in [6, 6.07) is 6.49. The first kappa shape index (κ1) is 17.0. The van der Waals surface area contributed by atoms with Gasteiger partial charge in [-0.25, -0.2) is 4.39 Å². The van der Waals surface area contributed by atoms with Crippen molar-refractivity contribution < 1.29 is 27.6 Å². The summed E-state index contributed by atoms with van der Waals surface area (Å²) < 4.78 is 42.4. The van der Waals surface area contributed by atoms with Gasteiger partial charge >= 0.3 is 6.43 Å². The lowest BCUT2D eigenvalue weighted by Crippen LogP contribution is -2.43. The average molecular weight is 328 g/mol. The van der Waals surface area contributed by atoms with Gasteiger partial charge in [0.2, 0.25) is 0 Å². The smallest absolute Gasteiger partial charge is 0.315 e. The van der Waals surface area contributed by atoms with Crippen molar-refractivity contribution in [1.29, 1.82) is 0 Å². The lowest BCUT2D eigenvalue weighted by molar-refractivity contribution is -0.133. The second kappa shape index (κ2) is 7.28. The van der Waals surface area contributed by atoms with E-state index in [0.717, 1.165) is 0 Å². The van der Waals surface area contributed by atoms with Gasteiger partial charge in [-0.15, -0.1) is 0 Å². The quantitative estimate of drug-likeness (QED) is 0.854. The molecule has 1 aromatic heterocycles. The Morgan fingerprint density at radius 2 is 2.00 bits per heavy atom. The second-order valence-electron chi connectivity index (χ2n) is 4.97. The molecule has 2 atom stereocenters. The van der Waals surface area contributed by atoms with Crippen LogP contribution in [0.1, 0.15) is 17.4 Å². The zero-order chi connectivity index (χ0) is 17.0. The highest BCUT2D eigenvalue weighted by Gasteiger charge is 2.26. The molecule has 1 amide bonds. The molecule has 0 aliphatic heterocycles. The lowest BCUT2D eigenvalue weighted by atomic mass is 10.0. The number of carbonyl (C=O) groups excluding carboxylic acids is 1. The molecule has 0 aliphatic carbocycles. The predicted octanol–water partition coefficient (Wildman–Crippen LogP) is 2.40. The molecule has 23 heavy (non-hydrogen) atoms. The number of nitrogens with one attached hydrogen (secondary N) is 1. The molecular weight excluding hydrogens is 313 g/mol. The Morgan fingerprint density at radius 1 is 1.35 bits per heavy atom. The van der Waals surface area contributed by atoms with Crippen LogP contribution in [0.25, 0.3) is 11.3 Å². The highest BCUT2D eigenvalue weighted by molar-refractivity contribution is 5.79. The van der Waals surface area contributed by atoms with Gasteiger partial charge in [-0.05, 0) is 12.5 Å². The maximum Gasteiger partial charge on any atom is 0.315 e. The highest BCUT2D eigenvalue weighted by Crippen LogP contribution is 2.24. The summed E-state index contributed by atoms with van der Waals surface area (Å²) in [4.78, 5) is 10.9. The van der Waals surface area contributed by atoms with E-state index in [4.69, 9.17) is 4.52 Å². The van der Waals surface area contributed by atoms with Gasteiger partial charge < -0.3 is 14.9 Å². The minimum absolute atomic E-state index is 0.280. The number of aliphatic hydroxyl groups is 1. The molecule has 5 nitrogen and oxygen atoms in total. The van der Waals surface area contributed by atoms with Crippen LogP contribution in [0.3, 0.4) is 0 Å². The number of hydrogen-bond acceptors (Lipinski definition) is 4. The molecule has 2 N–H and O–H groups in total. The monoisotopic (exact) mass is 328 g/mol. The molecule has 0 aliphatic rings. The number of carbonyl (C=O) groups is 1. The molecule has 0 saturated heterocycles. The van der Waals surface area contributed by atoms with E-state index < -0.39 is 31.2 Å². The van der Waals surface area contributed by atoms with Crippen molar-refractivity contribution in [1.82, 2.24) is 10.5 Å². The fourth-order valence-corrected chi connectivity index (χ4v) is 2.02. The zero-order valence-electron chi connectivity index (χ0n) is 12.2. The van der Waals surface area contributed by atoms with E-state index in [1.807, 2.05) is 0 Å². The fraction of sp³-hybridized carbons (Fsp3) is 0.333. The molecule has 124 valence electrons. The van der Waals surface area contributed by atoms with E-state index >= 15 is 0 Å². The van der Waals surface area contributed by atoms with Gasteiger partial charge in [-0.2, -0.15) is 8.78 Å². The van der Waals surface area contributed by atoms with Crippen LogP contribution in [0.15, 0.2) is 34.9 Å². The van der Waals surface area contributed by atoms with Crippen LogP contribution in [0, 0.1) is 6.92 Å². The molecule has 0 saturated carbocycles. The van der Waals surface area contributed by atoms with Gasteiger partial charge in [-0.1, -0.05) is 29.4 Å². The van der Waals surface area contributed by atoms with Gasteiger partial charge in [0.05, 0.1) is 11.7 Å². The first-order valence-corrected chi connectivity index (χ1v) is 6.78. The molecule has 2 rings (SSSR count). The van der Waals surface area contributed by atoms with Gasteiger partial charge in [0.15, 0.2) is 5.76 Å². The maximum atomic E-state index is 12.9. The number of aryl methyl sites for hydroxylation is 1. The molecule has 1 aromatic carbocycles. The normalized spacial score (nSPS) is 13.8. The minimum Gasteiger partial charge on any atom is -0.386 e. The molecule has 2 unspecified atom stereocenters. The Morgan fingerprint density at radius 3 is 2.48 bits per heavy atom. The fourth-order valence-electron chi connectivity index (χ4n) is 2.02. The number of amides is 1. The van der Waals surface area contributed by atoms with Crippen molar-refractivity contribution >= 4 is 5.91 Å². The third-order valence-corrected chi connectivity index (χ3v) is 3.24. The van der Waals surface area contributed by atoms with E-state index in [1.54, 1.807) is 30.4 Å². The Kier molecular flexibility index (Phi) is 5.38. The van der Waals surface area contributed by atoms with Crippen molar-refractivity contribution in [2.75, 3.05) is 6.67 Å². The number of alkyl halides is 3. The number of rotatable bonds is 6. The third-order valence-electron chi connectivity index (χ3n) is 3.24. The average Bonchev–Trinajstić information content (AvgIpc) is 2.98.